The van der Waals surface area contributed by atoms with Gasteiger partial charge >= 0.3 is 6.36 Å². The molecule has 0 bridgehead atoms. The Balaban J connectivity index is 2.17. The van der Waals surface area contributed by atoms with Crippen LogP contribution in [0.2, 0.25) is 0 Å². The molecule has 0 saturated carbocycles. The van der Waals surface area contributed by atoms with Gasteiger partial charge in [-0.15, -0.1) is 13.2 Å². The fourth-order valence-electron chi connectivity index (χ4n) is 1.40. The van der Waals surface area contributed by atoms with Crippen molar-refractivity contribution in [3.63, 3.8) is 0 Å². The SMILES string of the molecule is CC(I)c1coc(-c2ccc(OC(F)(F)F)cc2)n1. The van der Waals surface area contributed by atoms with Gasteiger partial charge in [0.25, 0.3) is 0 Å². The van der Waals surface area contributed by atoms with Gasteiger partial charge in [-0.3, -0.25) is 0 Å². The number of ether oxygens (including phenoxy) is 1. The zero-order valence-electron chi connectivity index (χ0n) is 9.74. The van der Waals surface area contributed by atoms with Crippen molar-refractivity contribution in [1.82, 2.24) is 4.98 Å². The average Bonchev–Trinajstić information content (AvgIpc) is 2.77. The van der Waals surface area contributed by atoms with Gasteiger partial charge < -0.3 is 9.15 Å². The lowest BCUT2D eigenvalue weighted by atomic mass is 10.2. The van der Waals surface area contributed by atoms with E-state index in [4.69, 9.17) is 4.42 Å². The number of hydrogen-bond donors (Lipinski definition) is 0. The van der Waals surface area contributed by atoms with Crippen LogP contribution in [0.4, 0.5) is 13.2 Å². The lowest BCUT2D eigenvalue weighted by Crippen LogP contribution is -2.16. The molecule has 1 unspecified atom stereocenters. The quantitative estimate of drug-likeness (QED) is 0.568. The molecule has 3 nitrogen and oxygen atoms in total. The van der Waals surface area contributed by atoms with Crippen molar-refractivity contribution in [3.05, 3.63) is 36.2 Å². The third-order valence-corrected chi connectivity index (χ3v) is 2.90. The monoisotopic (exact) mass is 383 g/mol. The second kappa shape index (κ2) is 5.40. The molecule has 0 saturated heterocycles. The molecule has 0 radical (unpaired) electrons. The lowest BCUT2D eigenvalue weighted by Gasteiger charge is -2.08. The molecule has 1 atom stereocenters. The molecule has 0 spiro atoms. The summed E-state index contributed by atoms with van der Waals surface area (Å²) in [4.78, 5) is 4.25. The van der Waals surface area contributed by atoms with Gasteiger partial charge in [-0.1, -0.05) is 22.6 Å². The van der Waals surface area contributed by atoms with Crippen LogP contribution < -0.4 is 4.74 Å². The highest BCUT2D eigenvalue weighted by Crippen LogP contribution is 2.28. The van der Waals surface area contributed by atoms with Crippen molar-refractivity contribution in [1.29, 1.82) is 0 Å². The third kappa shape index (κ3) is 3.85. The minimum atomic E-state index is -4.69. The van der Waals surface area contributed by atoms with E-state index >= 15 is 0 Å². The number of hydrogen-bond acceptors (Lipinski definition) is 3. The Morgan fingerprint density at radius 3 is 2.37 bits per heavy atom. The Morgan fingerprint density at radius 1 is 1.26 bits per heavy atom. The first-order valence-electron chi connectivity index (χ1n) is 5.31. The van der Waals surface area contributed by atoms with Crippen molar-refractivity contribution in [2.24, 2.45) is 0 Å². The maximum absolute atomic E-state index is 12.0. The maximum atomic E-state index is 12.0. The maximum Gasteiger partial charge on any atom is 0.573 e. The Hall–Kier alpha value is -1.25. The van der Waals surface area contributed by atoms with E-state index in [1.807, 2.05) is 6.92 Å². The van der Waals surface area contributed by atoms with E-state index in [0.29, 0.717) is 11.5 Å². The summed E-state index contributed by atoms with van der Waals surface area (Å²) in [6.07, 6.45) is -3.15. The molecule has 0 aliphatic rings. The van der Waals surface area contributed by atoms with Gasteiger partial charge in [0.2, 0.25) is 5.89 Å². The van der Waals surface area contributed by atoms with Crippen LogP contribution in [-0.2, 0) is 0 Å². The van der Waals surface area contributed by atoms with Crippen LogP contribution in [0.15, 0.2) is 34.9 Å². The smallest absolute Gasteiger partial charge is 0.444 e. The predicted molar refractivity (Wildman–Crippen MR) is 71.1 cm³/mol. The largest absolute Gasteiger partial charge is 0.573 e. The Kier molecular flexibility index (Phi) is 4.02. The molecule has 1 aromatic carbocycles. The van der Waals surface area contributed by atoms with Crippen LogP contribution in [0.1, 0.15) is 16.5 Å². The summed E-state index contributed by atoms with van der Waals surface area (Å²) in [7, 11) is 0. The number of halogens is 4. The number of rotatable bonds is 3. The molecular formula is C12H9F3INO2. The van der Waals surface area contributed by atoms with E-state index in [2.05, 4.69) is 32.3 Å². The van der Waals surface area contributed by atoms with Crippen LogP contribution in [0.5, 0.6) is 5.75 Å². The standard InChI is InChI=1S/C12H9F3INO2/c1-7(16)10-6-18-11(17-10)8-2-4-9(5-3-8)19-12(13,14)15/h2-7H,1H3. The highest BCUT2D eigenvalue weighted by Gasteiger charge is 2.31. The van der Waals surface area contributed by atoms with Gasteiger partial charge in [0, 0.05) is 5.56 Å². The van der Waals surface area contributed by atoms with Crippen LogP contribution in [0, 0.1) is 0 Å². The molecule has 0 fully saturated rings. The minimum Gasteiger partial charge on any atom is -0.444 e. The van der Waals surface area contributed by atoms with Crippen LogP contribution in [0.25, 0.3) is 11.5 Å². The van der Waals surface area contributed by atoms with Crippen molar-refractivity contribution in [2.75, 3.05) is 0 Å². The molecule has 0 N–H and O–H groups in total. The summed E-state index contributed by atoms with van der Waals surface area (Å²) >= 11 is 2.19. The fraction of sp³-hybridized carbons (Fsp3) is 0.250. The van der Waals surface area contributed by atoms with E-state index in [1.54, 1.807) is 0 Å². The van der Waals surface area contributed by atoms with Gasteiger partial charge in [-0.25, -0.2) is 4.98 Å². The second-order valence-electron chi connectivity index (χ2n) is 3.77. The van der Waals surface area contributed by atoms with Crippen LogP contribution >= 0.6 is 22.6 Å². The number of nitrogens with zero attached hydrogens (tertiary/aromatic N) is 1. The molecule has 2 rings (SSSR count). The molecular weight excluding hydrogens is 374 g/mol. The van der Waals surface area contributed by atoms with E-state index in [9.17, 15) is 13.2 Å². The topological polar surface area (TPSA) is 35.3 Å². The summed E-state index contributed by atoms with van der Waals surface area (Å²) < 4.78 is 45.3. The summed E-state index contributed by atoms with van der Waals surface area (Å²) in [6, 6.07) is 5.38. The normalized spacial score (nSPS) is 13.3. The lowest BCUT2D eigenvalue weighted by molar-refractivity contribution is -0.274. The fourth-order valence-corrected chi connectivity index (χ4v) is 1.69. The van der Waals surface area contributed by atoms with Crippen molar-refractivity contribution < 1.29 is 22.3 Å². The summed E-state index contributed by atoms with van der Waals surface area (Å²) in [5.41, 5.74) is 1.38. The number of benzene rings is 1. The van der Waals surface area contributed by atoms with Gasteiger partial charge in [0.15, 0.2) is 0 Å². The molecule has 2 aromatic rings. The van der Waals surface area contributed by atoms with Gasteiger partial charge in [-0.05, 0) is 31.2 Å². The molecule has 19 heavy (non-hydrogen) atoms. The molecule has 102 valence electrons. The summed E-state index contributed by atoms with van der Waals surface area (Å²) in [5.74, 6) is 0.0994. The highest BCUT2D eigenvalue weighted by atomic mass is 127. The molecule has 0 aliphatic carbocycles. The second-order valence-corrected chi connectivity index (χ2v) is 5.63. The minimum absolute atomic E-state index is 0.197. The first-order valence-corrected chi connectivity index (χ1v) is 6.55. The molecule has 0 amide bonds. The number of aromatic nitrogens is 1. The van der Waals surface area contributed by atoms with E-state index in [-0.39, 0.29) is 9.67 Å². The van der Waals surface area contributed by atoms with E-state index in [0.717, 1.165) is 5.69 Å². The molecule has 1 aromatic heterocycles. The Labute approximate surface area is 120 Å². The average molecular weight is 383 g/mol. The predicted octanol–water partition coefficient (Wildman–Crippen LogP) is 4.74. The first kappa shape index (κ1) is 14.2. The van der Waals surface area contributed by atoms with E-state index < -0.39 is 6.36 Å². The Morgan fingerprint density at radius 2 is 1.89 bits per heavy atom. The zero-order chi connectivity index (χ0) is 14.0. The van der Waals surface area contributed by atoms with Crippen LogP contribution in [0.3, 0.4) is 0 Å². The number of oxazole rings is 1. The van der Waals surface area contributed by atoms with Gasteiger partial charge in [0.1, 0.15) is 12.0 Å². The van der Waals surface area contributed by atoms with E-state index in [1.165, 1.54) is 30.5 Å². The summed E-state index contributed by atoms with van der Waals surface area (Å²) in [6.45, 7) is 1.96. The van der Waals surface area contributed by atoms with Crippen molar-refractivity contribution >= 4 is 22.6 Å². The zero-order valence-corrected chi connectivity index (χ0v) is 11.9. The molecule has 0 aliphatic heterocycles. The Bertz CT molecular complexity index is 549. The molecule has 7 heteroatoms. The van der Waals surface area contributed by atoms with Gasteiger partial charge in [-0.2, -0.15) is 0 Å². The first-order chi connectivity index (χ1) is 8.85. The van der Waals surface area contributed by atoms with Crippen LogP contribution in [-0.4, -0.2) is 11.3 Å². The van der Waals surface area contributed by atoms with Crippen molar-refractivity contribution in [3.8, 4) is 17.2 Å². The van der Waals surface area contributed by atoms with Gasteiger partial charge in [0.05, 0.1) is 9.62 Å². The molecule has 1 heterocycles. The number of alkyl halides is 4. The van der Waals surface area contributed by atoms with Crippen molar-refractivity contribution in [2.45, 2.75) is 17.2 Å². The highest BCUT2D eigenvalue weighted by molar-refractivity contribution is 14.1. The third-order valence-electron chi connectivity index (χ3n) is 2.26. The summed E-state index contributed by atoms with van der Waals surface area (Å²) in [5, 5.41) is 0.